The fourth-order valence-corrected chi connectivity index (χ4v) is 2.97. The molecule has 2 amide bonds. The standard InChI is InChI=1S/C16H15NO3/c1-9-3-2-4-11-10(9)5-6-12(15(11)19)13-7-8-14(18)17-16(13)20/h2-4H,5-8H2,1H3,(H,17,18,20)/b13-12-. The summed E-state index contributed by atoms with van der Waals surface area (Å²) in [4.78, 5) is 35.6. The van der Waals surface area contributed by atoms with Crippen molar-refractivity contribution < 1.29 is 14.4 Å². The molecule has 4 heteroatoms. The number of carbonyl (C=O) groups excluding carboxylic acids is 3. The third-order valence-corrected chi connectivity index (χ3v) is 4.05. The molecule has 0 spiro atoms. The fourth-order valence-electron chi connectivity index (χ4n) is 2.97. The summed E-state index contributed by atoms with van der Waals surface area (Å²) in [6.45, 7) is 2.00. The minimum Gasteiger partial charge on any atom is -0.293 e. The summed E-state index contributed by atoms with van der Waals surface area (Å²) in [7, 11) is 0. The zero-order valence-corrected chi connectivity index (χ0v) is 11.3. The molecule has 1 heterocycles. The molecule has 1 N–H and O–H groups in total. The Morgan fingerprint density at radius 1 is 0.950 bits per heavy atom. The SMILES string of the molecule is Cc1cccc2c1CC/C(=C1\CCC(=O)NC1=O)C2=O. The zero-order chi connectivity index (χ0) is 14.3. The van der Waals surface area contributed by atoms with E-state index in [1.165, 1.54) is 0 Å². The summed E-state index contributed by atoms with van der Waals surface area (Å²) in [6, 6.07) is 5.68. The Morgan fingerprint density at radius 3 is 2.45 bits per heavy atom. The van der Waals surface area contributed by atoms with E-state index in [1.54, 1.807) is 0 Å². The number of piperidine rings is 1. The molecule has 1 aliphatic carbocycles. The number of hydrogen-bond acceptors (Lipinski definition) is 3. The smallest absolute Gasteiger partial charge is 0.254 e. The molecule has 20 heavy (non-hydrogen) atoms. The van der Waals surface area contributed by atoms with Crippen LogP contribution in [0.25, 0.3) is 0 Å². The molecule has 3 rings (SSSR count). The third kappa shape index (κ3) is 1.97. The number of carbonyl (C=O) groups is 3. The van der Waals surface area contributed by atoms with Gasteiger partial charge in [-0.15, -0.1) is 0 Å². The van der Waals surface area contributed by atoms with Gasteiger partial charge in [0.1, 0.15) is 0 Å². The van der Waals surface area contributed by atoms with Crippen molar-refractivity contribution >= 4 is 17.6 Å². The van der Waals surface area contributed by atoms with Crippen molar-refractivity contribution in [2.75, 3.05) is 0 Å². The number of imide groups is 1. The summed E-state index contributed by atoms with van der Waals surface area (Å²) >= 11 is 0. The molecule has 1 saturated heterocycles. The average molecular weight is 269 g/mol. The molecule has 0 unspecified atom stereocenters. The van der Waals surface area contributed by atoms with Gasteiger partial charge < -0.3 is 0 Å². The second kappa shape index (κ2) is 4.71. The van der Waals surface area contributed by atoms with Crippen molar-refractivity contribution in [2.45, 2.75) is 32.6 Å². The normalized spacial score (nSPS) is 22.6. The summed E-state index contributed by atoms with van der Waals surface area (Å²) in [5, 5.41) is 2.29. The zero-order valence-electron chi connectivity index (χ0n) is 11.3. The van der Waals surface area contributed by atoms with Crippen LogP contribution in [0.4, 0.5) is 0 Å². The highest BCUT2D eigenvalue weighted by Crippen LogP contribution is 2.31. The topological polar surface area (TPSA) is 63.2 Å². The molecule has 0 saturated carbocycles. The van der Waals surface area contributed by atoms with Gasteiger partial charge in [0.05, 0.1) is 0 Å². The first-order valence-corrected chi connectivity index (χ1v) is 6.77. The quantitative estimate of drug-likeness (QED) is 0.577. The first-order chi connectivity index (χ1) is 9.58. The largest absolute Gasteiger partial charge is 0.293 e. The molecule has 0 atom stereocenters. The maximum atomic E-state index is 12.6. The lowest BCUT2D eigenvalue weighted by atomic mass is 9.81. The molecule has 1 aromatic rings. The van der Waals surface area contributed by atoms with E-state index in [4.69, 9.17) is 0 Å². The first kappa shape index (κ1) is 12.8. The fraction of sp³-hybridized carbons (Fsp3) is 0.312. The van der Waals surface area contributed by atoms with Crippen molar-refractivity contribution in [3.05, 3.63) is 46.0 Å². The van der Waals surface area contributed by atoms with E-state index in [0.29, 0.717) is 29.6 Å². The minimum absolute atomic E-state index is 0.0607. The number of aryl methyl sites for hydroxylation is 1. The number of fused-ring (bicyclic) bond motifs is 1. The van der Waals surface area contributed by atoms with E-state index in [2.05, 4.69) is 5.32 Å². The monoisotopic (exact) mass is 269 g/mol. The summed E-state index contributed by atoms with van der Waals surface area (Å²) in [5.74, 6) is -0.728. The van der Waals surface area contributed by atoms with Gasteiger partial charge in [-0.25, -0.2) is 0 Å². The number of Topliss-reactive ketones (excluding diaryl/α,β-unsaturated/α-hetero) is 1. The Labute approximate surface area is 116 Å². The number of benzene rings is 1. The van der Waals surface area contributed by atoms with Gasteiger partial charge in [0.25, 0.3) is 5.91 Å². The Balaban J connectivity index is 2.04. The number of rotatable bonds is 0. The van der Waals surface area contributed by atoms with Crippen molar-refractivity contribution in [3.63, 3.8) is 0 Å². The predicted octanol–water partition coefficient (Wildman–Crippen LogP) is 1.86. The van der Waals surface area contributed by atoms with E-state index in [0.717, 1.165) is 17.5 Å². The minimum atomic E-state index is -0.402. The highest BCUT2D eigenvalue weighted by molar-refractivity contribution is 6.17. The van der Waals surface area contributed by atoms with Crippen molar-refractivity contribution in [1.82, 2.24) is 5.32 Å². The van der Waals surface area contributed by atoms with E-state index in [-0.39, 0.29) is 18.1 Å². The Hall–Kier alpha value is -2.23. The van der Waals surface area contributed by atoms with Crippen molar-refractivity contribution in [2.24, 2.45) is 0 Å². The maximum Gasteiger partial charge on any atom is 0.254 e. The highest BCUT2D eigenvalue weighted by atomic mass is 16.2. The van der Waals surface area contributed by atoms with E-state index < -0.39 is 5.91 Å². The van der Waals surface area contributed by atoms with Crippen LogP contribution in [0.2, 0.25) is 0 Å². The van der Waals surface area contributed by atoms with Gasteiger partial charge in [-0.05, 0) is 37.3 Å². The molecule has 1 fully saturated rings. The van der Waals surface area contributed by atoms with Crippen LogP contribution in [0.1, 0.15) is 40.7 Å². The van der Waals surface area contributed by atoms with Gasteiger partial charge in [0.15, 0.2) is 5.78 Å². The summed E-state index contributed by atoms with van der Waals surface area (Å²) in [5.41, 5.74) is 3.95. The van der Waals surface area contributed by atoms with Crippen LogP contribution >= 0.6 is 0 Å². The first-order valence-electron chi connectivity index (χ1n) is 6.77. The number of hydrogen-bond donors (Lipinski definition) is 1. The van der Waals surface area contributed by atoms with Crippen LogP contribution < -0.4 is 5.32 Å². The summed E-state index contributed by atoms with van der Waals surface area (Å²) in [6.07, 6.45) is 1.99. The van der Waals surface area contributed by atoms with Crippen LogP contribution in [-0.2, 0) is 16.0 Å². The number of ketones is 1. The third-order valence-electron chi connectivity index (χ3n) is 4.05. The number of allylic oxidation sites excluding steroid dienone is 1. The van der Waals surface area contributed by atoms with Gasteiger partial charge >= 0.3 is 0 Å². The molecule has 1 aromatic carbocycles. The van der Waals surface area contributed by atoms with Crippen molar-refractivity contribution in [3.8, 4) is 0 Å². The molecule has 2 aliphatic rings. The van der Waals surface area contributed by atoms with Gasteiger partial charge in [-0.3, -0.25) is 19.7 Å². The van der Waals surface area contributed by atoms with E-state index in [9.17, 15) is 14.4 Å². The second-order valence-electron chi connectivity index (χ2n) is 5.26. The molecule has 0 radical (unpaired) electrons. The van der Waals surface area contributed by atoms with Gasteiger partial charge in [0, 0.05) is 23.1 Å². The molecule has 1 aliphatic heterocycles. The Kier molecular flexibility index (Phi) is 3.01. The lowest BCUT2D eigenvalue weighted by Gasteiger charge is -2.23. The van der Waals surface area contributed by atoms with E-state index in [1.807, 2.05) is 25.1 Å². The highest BCUT2D eigenvalue weighted by Gasteiger charge is 2.30. The lowest BCUT2D eigenvalue weighted by molar-refractivity contribution is -0.130. The van der Waals surface area contributed by atoms with Crippen LogP contribution in [0.5, 0.6) is 0 Å². The number of nitrogens with one attached hydrogen (secondary N) is 1. The van der Waals surface area contributed by atoms with Gasteiger partial charge in [0.2, 0.25) is 5.91 Å². The maximum absolute atomic E-state index is 12.6. The molecular formula is C16H15NO3. The van der Waals surface area contributed by atoms with Crippen LogP contribution in [0.15, 0.2) is 29.3 Å². The predicted molar refractivity (Wildman–Crippen MR) is 73.2 cm³/mol. The van der Waals surface area contributed by atoms with Crippen molar-refractivity contribution in [1.29, 1.82) is 0 Å². The molecule has 0 aromatic heterocycles. The molecular weight excluding hydrogens is 254 g/mol. The lowest BCUT2D eigenvalue weighted by Crippen LogP contribution is -2.37. The van der Waals surface area contributed by atoms with Crippen LogP contribution in [0.3, 0.4) is 0 Å². The van der Waals surface area contributed by atoms with Gasteiger partial charge in [-0.1, -0.05) is 18.2 Å². The van der Waals surface area contributed by atoms with Crippen LogP contribution in [-0.4, -0.2) is 17.6 Å². The van der Waals surface area contributed by atoms with E-state index >= 15 is 0 Å². The second-order valence-corrected chi connectivity index (χ2v) is 5.26. The Bertz CT molecular complexity index is 670. The summed E-state index contributed by atoms with van der Waals surface area (Å²) < 4.78 is 0. The molecule has 4 nitrogen and oxygen atoms in total. The number of amides is 2. The Morgan fingerprint density at radius 2 is 1.70 bits per heavy atom. The van der Waals surface area contributed by atoms with Crippen LogP contribution in [0, 0.1) is 6.92 Å². The molecule has 102 valence electrons. The molecule has 0 bridgehead atoms. The average Bonchev–Trinajstić information content (AvgIpc) is 2.41. The van der Waals surface area contributed by atoms with Gasteiger partial charge in [-0.2, -0.15) is 0 Å².